The highest BCUT2D eigenvalue weighted by molar-refractivity contribution is 7.17. The van der Waals surface area contributed by atoms with Crippen molar-refractivity contribution in [1.82, 2.24) is 19.9 Å². The van der Waals surface area contributed by atoms with Crippen LogP contribution in [-0.2, 0) is 14.3 Å². The molecular formula is C17H14N6O3S4-2. The number of nitrogens with zero attached hydrogens (tertiary/aromatic N) is 6. The lowest BCUT2D eigenvalue weighted by molar-refractivity contribution is -0.145. The highest BCUT2D eigenvalue weighted by Crippen LogP contribution is 2.39. The second-order valence-corrected chi connectivity index (χ2v) is 8.98. The summed E-state index contributed by atoms with van der Waals surface area (Å²) in [4.78, 5) is 30.1. The molecule has 0 aliphatic heterocycles. The van der Waals surface area contributed by atoms with Crippen molar-refractivity contribution in [3.63, 3.8) is 0 Å². The third kappa shape index (κ3) is 5.17. The average Bonchev–Trinajstić information content (AvgIpc) is 3.52. The van der Waals surface area contributed by atoms with Gasteiger partial charge in [0.15, 0.2) is 0 Å². The molecule has 0 aromatic carbocycles. The van der Waals surface area contributed by atoms with Gasteiger partial charge in [0.1, 0.15) is 12.5 Å². The van der Waals surface area contributed by atoms with Crippen molar-refractivity contribution in [3.05, 3.63) is 55.9 Å². The Kier molecular flexibility index (Phi) is 6.96. The van der Waals surface area contributed by atoms with Gasteiger partial charge in [-0.2, -0.15) is 0 Å². The molecule has 0 atom stereocenters. The second-order valence-electron chi connectivity index (χ2n) is 5.56. The van der Waals surface area contributed by atoms with Crippen LogP contribution in [0.3, 0.4) is 0 Å². The molecule has 4 aromatic rings. The van der Waals surface area contributed by atoms with Crippen molar-refractivity contribution in [2.24, 2.45) is 0 Å². The zero-order chi connectivity index (χ0) is 20.8. The van der Waals surface area contributed by atoms with Gasteiger partial charge in [0, 0.05) is 7.11 Å². The summed E-state index contributed by atoms with van der Waals surface area (Å²) in [6, 6.07) is 0. The number of carbonyl (C=O) groups excluding carboxylic acids is 1. The van der Waals surface area contributed by atoms with E-state index >= 15 is 0 Å². The fourth-order valence-corrected chi connectivity index (χ4v) is 4.88. The van der Waals surface area contributed by atoms with Gasteiger partial charge in [0.2, 0.25) is 0 Å². The van der Waals surface area contributed by atoms with Crippen LogP contribution in [0.2, 0.25) is 0 Å². The smallest absolute Gasteiger partial charge is 0.318 e. The number of ether oxygens (including phenoxy) is 2. The number of hydrogen-bond donors (Lipinski definition) is 0. The van der Waals surface area contributed by atoms with E-state index in [0.717, 1.165) is 0 Å². The highest BCUT2D eigenvalue weighted by Gasteiger charge is 2.25. The standard InChI is InChI=1S/C17H14N6O3S4/c1-25-4-5-26-13(24)12(10-8-29-16(20-10)22-14-18-2-6-27-14)11-9-30-17(21-11)23-15-19-3-7-28-15/h2-3,6-9,12H,4-5H2,1H3/q-2. The Balaban J connectivity index is 1.56. The highest BCUT2D eigenvalue weighted by atomic mass is 32.1. The second kappa shape index (κ2) is 10.0. The van der Waals surface area contributed by atoms with Gasteiger partial charge in [-0.05, 0) is 45.3 Å². The van der Waals surface area contributed by atoms with Crippen LogP contribution >= 0.6 is 45.3 Å². The number of rotatable bonds is 10. The molecule has 0 saturated heterocycles. The van der Waals surface area contributed by atoms with Crippen molar-refractivity contribution in [1.29, 1.82) is 0 Å². The summed E-state index contributed by atoms with van der Waals surface area (Å²) in [5.74, 6) is -1.24. The maximum absolute atomic E-state index is 12.8. The Hall–Kier alpha value is -2.45. The van der Waals surface area contributed by atoms with E-state index in [-0.39, 0.29) is 6.61 Å². The molecule has 0 N–H and O–H groups in total. The molecule has 156 valence electrons. The van der Waals surface area contributed by atoms with Gasteiger partial charge < -0.3 is 40.0 Å². The zero-order valence-electron chi connectivity index (χ0n) is 15.5. The fraction of sp³-hybridized carbons (Fsp3) is 0.235. The molecule has 0 unspecified atom stereocenters. The summed E-state index contributed by atoms with van der Waals surface area (Å²) in [5, 5.41) is 18.3. The van der Waals surface area contributed by atoms with Crippen molar-refractivity contribution < 1.29 is 14.3 Å². The van der Waals surface area contributed by atoms with E-state index < -0.39 is 11.9 Å². The van der Waals surface area contributed by atoms with Crippen LogP contribution in [0, 0.1) is 0 Å². The lowest BCUT2D eigenvalue weighted by Crippen LogP contribution is -2.20. The van der Waals surface area contributed by atoms with Crippen LogP contribution in [0.15, 0.2) is 33.9 Å². The minimum Gasteiger partial charge on any atom is -0.463 e. The van der Waals surface area contributed by atoms with Gasteiger partial charge in [0.25, 0.3) is 0 Å². The van der Waals surface area contributed by atoms with Crippen molar-refractivity contribution in [2.45, 2.75) is 5.92 Å². The van der Waals surface area contributed by atoms with E-state index in [1.165, 1.54) is 45.3 Å². The van der Waals surface area contributed by atoms with Crippen LogP contribution in [-0.4, -0.2) is 46.2 Å². The van der Waals surface area contributed by atoms with E-state index in [2.05, 4.69) is 30.6 Å². The zero-order valence-corrected chi connectivity index (χ0v) is 18.8. The predicted molar refractivity (Wildman–Crippen MR) is 118 cm³/mol. The predicted octanol–water partition coefficient (Wildman–Crippen LogP) is 5.51. The number of methoxy groups -OCH3 is 1. The first-order valence-corrected chi connectivity index (χ1v) is 12.0. The first-order chi connectivity index (χ1) is 14.7. The van der Waals surface area contributed by atoms with Crippen LogP contribution < -0.4 is 0 Å². The number of aromatic nitrogens is 4. The molecule has 0 aliphatic carbocycles. The summed E-state index contributed by atoms with van der Waals surface area (Å²) in [7, 11) is 1.55. The summed E-state index contributed by atoms with van der Waals surface area (Å²) in [6.07, 6.45) is 3.35. The molecule has 30 heavy (non-hydrogen) atoms. The number of thiazole rings is 4. The van der Waals surface area contributed by atoms with Gasteiger partial charge in [0.05, 0.1) is 27.1 Å². The van der Waals surface area contributed by atoms with E-state index in [0.29, 0.717) is 38.5 Å². The molecule has 4 rings (SSSR count). The van der Waals surface area contributed by atoms with Crippen LogP contribution in [0.25, 0.3) is 10.6 Å². The normalized spacial score (nSPS) is 11.0. The first kappa shape index (κ1) is 20.8. The number of hydrogen-bond acceptors (Lipinski definition) is 11. The molecule has 0 aliphatic rings. The molecule has 4 aromatic heterocycles. The molecule has 13 heteroatoms. The molecule has 9 nitrogen and oxygen atoms in total. The minimum absolute atomic E-state index is 0.146. The minimum atomic E-state index is -0.783. The average molecular weight is 479 g/mol. The Bertz CT molecular complexity index is 989. The fourth-order valence-electron chi connectivity index (χ4n) is 2.33. The quantitative estimate of drug-likeness (QED) is 0.218. The number of carbonyl (C=O) groups is 1. The van der Waals surface area contributed by atoms with Crippen LogP contribution in [0.4, 0.5) is 20.5 Å². The van der Waals surface area contributed by atoms with E-state index in [1.54, 1.807) is 30.3 Å². The Morgan fingerprint density at radius 1 is 0.900 bits per heavy atom. The van der Waals surface area contributed by atoms with Crippen molar-refractivity contribution in [3.8, 4) is 0 Å². The molecule has 0 bridgehead atoms. The number of esters is 1. The van der Waals surface area contributed by atoms with Crippen LogP contribution in [0.5, 0.6) is 0 Å². The Labute approximate surface area is 187 Å². The monoisotopic (exact) mass is 478 g/mol. The van der Waals surface area contributed by atoms with Gasteiger partial charge in [-0.25, -0.2) is 0 Å². The third-order valence-corrected chi connectivity index (χ3v) is 6.44. The Morgan fingerprint density at radius 2 is 1.47 bits per heavy atom. The largest absolute Gasteiger partial charge is 0.463 e. The van der Waals surface area contributed by atoms with E-state index in [1.807, 2.05) is 10.8 Å². The Morgan fingerprint density at radius 3 is 1.93 bits per heavy atom. The third-order valence-electron chi connectivity index (χ3n) is 3.60. The summed E-state index contributed by atoms with van der Waals surface area (Å²) < 4.78 is 10.3. The van der Waals surface area contributed by atoms with Gasteiger partial charge in [-0.15, -0.1) is 45.3 Å². The lowest BCUT2D eigenvalue weighted by Gasteiger charge is -2.16. The molecule has 0 fully saturated rings. The molecule has 0 amide bonds. The van der Waals surface area contributed by atoms with E-state index in [4.69, 9.17) is 9.47 Å². The summed E-state index contributed by atoms with van der Waals surface area (Å²) in [6.45, 7) is 0.453. The van der Waals surface area contributed by atoms with Crippen molar-refractivity contribution >= 4 is 71.8 Å². The van der Waals surface area contributed by atoms with Crippen LogP contribution in [0.1, 0.15) is 17.3 Å². The van der Waals surface area contributed by atoms with Crippen molar-refractivity contribution in [2.75, 3.05) is 20.3 Å². The molecule has 4 heterocycles. The molecule has 0 radical (unpaired) electrons. The molecule has 0 spiro atoms. The SMILES string of the molecule is COCCOC(=O)C(c1csc([N-]c2nccs2)n1)c1csc([N-]c2nccs2)n1. The maximum Gasteiger partial charge on any atom is 0.318 e. The molecule has 0 saturated carbocycles. The topological polar surface area (TPSA) is 115 Å². The summed E-state index contributed by atoms with van der Waals surface area (Å²) in [5.41, 5.74) is 1.03. The first-order valence-electron chi connectivity index (χ1n) is 8.52. The van der Waals surface area contributed by atoms with Gasteiger partial charge in [-0.1, -0.05) is 0 Å². The maximum atomic E-state index is 12.8. The lowest BCUT2D eigenvalue weighted by atomic mass is 10.0. The van der Waals surface area contributed by atoms with E-state index in [9.17, 15) is 4.79 Å². The molecular weight excluding hydrogens is 464 g/mol. The van der Waals surface area contributed by atoms with Gasteiger partial charge >= 0.3 is 5.97 Å². The summed E-state index contributed by atoms with van der Waals surface area (Å²) >= 11 is 5.48. The van der Waals surface area contributed by atoms with Gasteiger partial charge in [-0.3, -0.25) is 4.79 Å².